The molecule has 2 rings (SSSR count). The van der Waals surface area contributed by atoms with E-state index in [1.54, 1.807) is 0 Å². The van der Waals surface area contributed by atoms with Gasteiger partial charge in [0, 0.05) is 28.2 Å². The quantitative estimate of drug-likeness (QED) is 0.721. The average molecular weight is 231 g/mol. The second-order valence-electron chi connectivity index (χ2n) is 3.65. The summed E-state index contributed by atoms with van der Waals surface area (Å²) in [5.74, 6) is 1.23. The lowest BCUT2D eigenvalue weighted by Crippen LogP contribution is -2.06. The van der Waals surface area contributed by atoms with E-state index in [4.69, 9.17) is 16.3 Å². The van der Waals surface area contributed by atoms with Crippen LogP contribution in [0.2, 0.25) is 0 Å². The number of alkyl halides is 1. The maximum atomic E-state index is 5.92. The average Bonchev–Trinajstić information content (AvgIpc) is 2.85. The summed E-state index contributed by atoms with van der Waals surface area (Å²) in [6, 6.07) is 4.39. The Morgan fingerprint density at radius 2 is 2.43 bits per heavy atom. The van der Waals surface area contributed by atoms with E-state index >= 15 is 0 Å². The summed E-state index contributed by atoms with van der Waals surface area (Å²) in [7, 11) is 0. The fourth-order valence-electron chi connectivity index (χ4n) is 1.84. The summed E-state index contributed by atoms with van der Waals surface area (Å²) in [4.78, 5) is 2.79. The van der Waals surface area contributed by atoms with Crippen LogP contribution in [0.4, 0.5) is 0 Å². The molecule has 2 unspecified atom stereocenters. The van der Waals surface area contributed by atoms with Crippen LogP contribution in [0.1, 0.15) is 29.2 Å². The third kappa shape index (κ3) is 1.97. The summed E-state index contributed by atoms with van der Waals surface area (Å²) in [5.41, 5.74) is 0. The normalized spacial score (nSPS) is 27.0. The van der Waals surface area contributed by atoms with E-state index in [9.17, 15) is 0 Å². The van der Waals surface area contributed by atoms with Gasteiger partial charge in [-0.2, -0.15) is 0 Å². The summed E-state index contributed by atoms with van der Waals surface area (Å²) >= 11 is 7.78. The van der Waals surface area contributed by atoms with Crippen LogP contribution in [0, 0.1) is 5.92 Å². The first-order valence-electron chi connectivity index (χ1n) is 5.11. The molecule has 1 aliphatic heterocycles. The van der Waals surface area contributed by atoms with Gasteiger partial charge in [0.2, 0.25) is 0 Å². The van der Waals surface area contributed by atoms with Crippen molar-refractivity contribution in [1.82, 2.24) is 0 Å². The van der Waals surface area contributed by atoms with Crippen LogP contribution >= 0.6 is 22.9 Å². The Labute approximate surface area is 94.0 Å². The topological polar surface area (TPSA) is 9.23 Å². The summed E-state index contributed by atoms with van der Waals surface area (Å²) < 4.78 is 5.73. The van der Waals surface area contributed by atoms with Crippen molar-refractivity contribution < 1.29 is 4.74 Å². The minimum Gasteiger partial charge on any atom is -0.372 e. The molecular formula is C11H15ClOS. The second kappa shape index (κ2) is 4.65. The molecule has 1 nitrogen and oxygen atoms in total. The van der Waals surface area contributed by atoms with Gasteiger partial charge in [-0.05, 0) is 25.0 Å². The van der Waals surface area contributed by atoms with Crippen molar-refractivity contribution in [3.8, 4) is 0 Å². The highest BCUT2D eigenvalue weighted by atomic mass is 35.5. The van der Waals surface area contributed by atoms with Gasteiger partial charge >= 0.3 is 0 Å². The van der Waals surface area contributed by atoms with E-state index in [2.05, 4.69) is 19.1 Å². The van der Waals surface area contributed by atoms with E-state index in [1.807, 2.05) is 11.3 Å². The fraction of sp³-hybridized carbons (Fsp3) is 0.636. The lowest BCUT2D eigenvalue weighted by molar-refractivity contribution is 0.0980. The van der Waals surface area contributed by atoms with E-state index < -0.39 is 0 Å². The first-order chi connectivity index (χ1) is 6.85. The van der Waals surface area contributed by atoms with Crippen LogP contribution in [0.3, 0.4) is 0 Å². The molecule has 0 aliphatic carbocycles. The monoisotopic (exact) mass is 230 g/mol. The van der Waals surface area contributed by atoms with Crippen molar-refractivity contribution in [2.45, 2.75) is 25.9 Å². The zero-order valence-corrected chi connectivity index (χ0v) is 9.90. The molecule has 1 aromatic heterocycles. The fourth-order valence-corrected chi connectivity index (χ4v) is 3.26. The number of aryl methyl sites for hydroxylation is 1. The molecule has 2 heterocycles. The maximum absolute atomic E-state index is 5.92. The number of hydrogen-bond donors (Lipinski definition) is 0. The van der Waals surface area contributed by atoms with Gasteiger partial charge in [-0.1, -0.05) is 6.92 Å². The molecule has 0 aromatic carbocycles. The highest BCUT2D eigenvalue weighted by Crippen LogP contribution is 2.38. The molecule has 0 bridgehead atoms. The first kappa shape index (κ1) is 10.5. The minimum atomic E-state index is 0.262. The minimum absolute atomic E-state index is 0.262. The molecule has 2 atom stereocenters. The van der Waals surface area contributed by atoms with Crippen molar-refractivity contribution in [2.24, 2.45) is 5.92 Å². The van der Waals surface area contributed by atoms with Crippen LogP contribution in [0.5, 0.6) is 0 Å². The Balaban J connectivity index is 2.13. The molecule has 3 heteroatoms. The molecule has 78 valence electrons. The van der Waals surface area contributed by atoms with Crippen molar-refractivity contribution >= 4 is 22.9 Å². The molecule has 0 N–H and O–H groups in total. The Hall–Kier alpha value is -0.0500. The van der Waals surface area contributed by atoms with Crippen molar-refractivity contribution in [2.75, 3.05) is 12.5 Å². The molecule has 1 aromatic rings. The number of rotatable bonds is 3. The van der Waals surface area contributed by atoms with Crippen molar-refractivity contribution in [3.05, 3.63) is 21.9 Å². The zero-order chi connectivity index (χ0) is 9.97. The maximum Gasteiger partial charge on any atom is 0.0957 e. The second-order valence-corrected chi connectivity index (χ2v) is 5.16. The smallest absolute Gasteiger partial charge is 0.0957 e. The molecule has 1 saturated heterocycles. The van der Waals surface area contributed by atoms with Gasteiger partial charge < -0.3 is 4.74 Å². The number of hydrogen-bond acceptors (Lipinski definition) is 2. The molecular weight excluding hydrogens is 216 g/mol. The van der Waals surface area contributed by atoms with Gasteiger partial charge in [-0.15, -0.1) is 22.9 Å². The SMILES string of the molecule is CCc1ccc(C2OCCC2CCl)s1. The number of thiophene rings is 1. The Morgan fingerprint density at radius 3 is 3.07 bits per heavy atom. The summed E-state index contributed by atoms with van der Waals surface area (Å²) in [5, 5.41) is 0. The standard InChI is InChI=1S/C11H15ClOS/c1-2-9-3-4-10(14-9)11-8(7-12)5-6-13-11/h3-4,8,11H,2,5-7H2,1H3. The molecule has 14 heavy (non-hydrogen) atoms. The lowest BCUT2D eigenvalue weighted by Gasteiger charge is -2.13. The van der Waals surface area contributed by atoms with Crippen LogP contribution in [-0.4, -0.2) is 12.5 Å². The summed E-state index contributed by atoms with van der Waals surface area (Å²) in [6.07, 6.45) is 2.48. The largest absolute Gasteiger partial charge is 0.372 e. The lowest BCUT2D eigenvalue weighted by atomic mass is 10.0. The molecule has 0 saturated carbocycles. The molecule has 0 amide bonds. The Kier molecular flexibility index (Phi) is 3.47. The van der Waals surface area contributed by atoms with Gasteiger partial charge in [0.15, 0.2) is 0 Å². The summed E-state index contributed by atoms with van der Waals surface area (Å²) in [6.45, 7) is 3.05. The highest BCUT2D eigenvalue weighted by Gasteiger charge is 2.29. The Morgan fingerprint density at radius 1 is 1.57 bits per heavy atom. The third-order valence-corrected chi connectivity index (χ3v) is 4.41. The van der Waals surface area contributed by atoms with Crippen LogP contribution < -0.4 is 0 Å². The Bertz CT molecular complexity index is 297. The first-order valence-corrected chi connectivity index (χ1v) is 6.46. The van der Waals surface area contributed by atoms with Gasteiger partial charge in [-0.3, -0.25) is 0 Å². The van der Waals surface area contributed by atoms with Crippen molar-refractivity contribution in [1.29, 1.82) is 0 Å². The van der Waals surface area contributed by atoms with Gasteiger partial charge in [0.25, 0.3) is 0 Å². The van der Waals surface area contributed by atoms with E-state index in [1.165, 1.54) is 9.75 Å². The molecule has 1 aliphatic rings. The third-order valence-electron chi connectivity index (χ3n) is 2.72. The zero-order valence-electron chi connectivity index (χ0n) is 8.33. The van der Waals surface area contributed by atoms with Crippen LogP contribution in [-0.2, 0) is 11.2 Å². The molecule has 0 spiro atoms. The predicted octanol–water partition coefficient (Wildman–Crippen LogP) is 3.63. The van der Waals surface area contributed by atoms with E-state index in [0.717, 1.165) is 19.4 Å². The van der Waals surface area contributed by atoms with Crippen LogP contribution in [0.25, 0.3) is 0 Å². The van der Waals surface area contributed by atoms with E-state index in [-0.39, 0.29) is 6.10 Å². The van der Waals surface area contributed by atoms with Gasteiger partial charge in [-0.25, -0.2) is 0 Å². The van der Waals surface area contributed by atoms with Crippen LogP contribution in [0.15, 0.2) is 12.1 Å². The molecule has 1 fully saturated rings. The number of ether oxygens (including phenoxy) is 1. The predicted molar refractivity (Wildman–Crippen MR) is 61.2 cm³/mol. The van der Waals surface area contributed by atoms with Gasteiger partial charge in [0.1, 0.15) is 0 Å². The van der Waals surface area contributed by atoms with E-state index in [0.29, 0.717) is 11.8 Å². The van der Waals surface area contributed by atoms with Crippen molar-refractivity contribution in [3.63, 3.8) is 0 Å². The van der Waals surface area contributed by atoms with Gasteiger partial charge in [0.05, 0.1) is 6.10 Å². The highest BCUT2D eigenvalue weighted by molar-refractivity contribution is 7.12. The number of halogens is 1. The molecule has 0 radical (unpaired) electrons.